The third-order valence-electron chi connectivity index (χ3n) is 3.45. The standard InChI is InChI=1S/C13H17N5O2/c1-20-7-6-15-13(19)10-8-17(9-10)12-3-4-14-11-2-5-16-18(11)12/h2-5,10H,6-9H2,1H3,(H,15,19). The number of methoxy groups -OCH3 is 1. The number of hydrogen-bond acceptors (Lipinski definition) is 5. The van der Waals surface area contributed by atoms with Crippen molar-refractivity contribution >= 4 is 17.4 Å². The molecule has 0 unspecified atom stereocenters. The van der Waals surface area contributed by atoms with Gasteiger partial charge in [0.15, 0.2) is 5.65 Å². The number of ether oxygens (including phenoxy) is 1. The van der Waals surface area contributed by atoms with Crippen LogP contribution in [-0.2, 0) is 9.53 Å². The highest BCUT2D eigenvalue weighted by atomic mass is 16.5. The predicted octanol–water partition coefficient (Wildman–Crippen LogP) is -0.0719. The molecule has 0 saturated carbocycles. The minimum atomic E-state index is 0.0330. The highest BCUT2D eigenvalue weighted by Crippen LogP contribution is 2.24. The van der Waals surface area contributed by atoms with E-state index in [4.69, 9.17) is 4.74 Å². The van der Waals surface area contributed by atoms with Gasteiger partial charge in [-0.3, -0.25) is 4.79 Å². The summed E-state index contributed by atoms with van der Waals surface area (Å²) in [4.78, 5) is 18.2. The average Bonchev–Trinajstić information content (AvgIpc) is 2.86. The zero-order valence-electron chi connectivity index (χ0n) is 11.3. The van der Waals surface area contributed by atoms with E-state index in [0.29, 0.717) is 26.2 Å². The summed E-state index contributed by atoms with van der Waals surface area (Å²) >= 11 is 0. The molecule has 20 heavy (non-hydrogen) atoms. The maximum atomic E-state index is 11.9. The zero-order valence-corrected chi connectivity index (χ0v) is 11.3. The van der Waals surface area contributed by atoms with E-state index in [1.165, 1.54) is 0 Å². The molecular weight excluding hydrogens is 258 g/mol. The molecule has 0 aliphatic carbocycles. The molecule has 1 N–H and O–H groups in total. The first kappa shape index (κ1) is 12.9. The van der Waals surface area contributed by atoms with Crippen LogP contribution in [0.25, 0.3) is 5.65 Å². The number of nitrogens with one attached hydrogen (secondary N) is 1. The highest BCUT2D eigenvalue weighted by Gasteiger charge is 2.33. The molecule has 3 heterocycles. The highest BCUT2D eigenvalue weighted by molar-refractivity contribution is 5.81. The minimum absolute atomic E-state index is 0.0330. The van der Waals surface area contributed by atoms with Crippen molar-refractivity contribution in [3.8, 4) is 0 Å². The van der Waals surface area contributed by atoms with Gasteiger partial charge in [0.25, 0.3) is 0 Å². The lowest BCUT2D eigenvalue weighted by Gasteiger charge is -2.39. The minimum Gasteiger partial charge on any atom is -0.383 e. The van der Waals surface area contributed by atoms with Crippen molar-refractivity contribution in [1.82, 2.24) is 19.9 Å². The molecule has 2 aromatic heterocycles. The monoisotopic (exact) mass is 275 g/mol. The molecule has 7 nitrogen and oxygen atoms in total. The molecule has 1 amide bonds. The molecule has 0 spiro atoms. The maximum Gasteiger partial charge on any atom is 0.226 e. The van der Waals surface area contributed by atoms with Crippen molar-refractivity contribution in [2.24, 2.45) is 5.92 Å². The summed E-state index contributed by atoms with van der Waals surface area (Å²) in [5.74, 6) is 1.09. The molecule has 0 radical (unpaired) electrons. The van der Waals surface area contributed by atoms with Crippen molar-refractivity contribution in [2.45, 2.75) is 0 Å². The molecule has 2 aromatic rings. The molecular formula is C13H17N5O2. The number of aromatic nitrogens is 3. The summed E-state index contributed by atoms with van der Waals surface area (Å²) in [6.07, 6.45) is 3.49. The van der Waals surface area contributed by atoms with E-state index in [1.807, 2.05) is 12.1 Å². The Morgan fingerprint density at radius 3 is 3.10 bits per heavy atom. The lowest BCUT2D eigenvalue weighted by molar-refractivity contribution is -0.125. The number of carbonyl (C=O) groups is 1. The Morgan fingerprint density at radius 1 is 1.45 bits per heavy atom. The number of rotatable bonds is 5. The zero-order chi connectivity index (χ0) is 13.9. The van der Waals surface area contributed by atoms with Gasteiger partial charge in [-0.05, 0) is 6.07 Å². The van der Waals surface area contributed by atoms with E-state index in [2.05, 4.69) is 20.3 Å². The molecule has 1 aliphatic heterocycles. The van der Waals surface area contributed by atoms with Gasteiger partial charge in [0.2, 0.25) is 5.91 Å². The SMILES string of the molecule is COCCNC(=O)C1CN(c2ccnc3ccnn23)C1. The number of carbonyl (C=O) groups excluding carboxylic acids is 1. The lowest BCUT2D eigenvalue weighted by Crippen LogP contribution is -2.54. The molecule has 3 rings (SSSR count). The molecule has 1 aliphatic rings. The molecule has 0 bridgehead atoms. The fraction of sp³-hybridized carbons (Fsp3) is 0.462. The quantitative estimate of drug-likeness (QED) is 0.773. The van der Waals surface area contributed by atoms with Gasteiger partial charge in [0.05, 0.1) is 18.7 Å². The van der Waals surface area contributed by atoms with Crippen molar-refractivity contribution in [1.29, 1.82) is 0 Å². The smallest absolute Gasteiger partial charge is 0.226 e. The Labute approximate surface area is 116 Å². The van der Waals surface area contributed by atoms with Gasteiger partial charge in [-0.1, -0.05) is 0 Å². The Balaban J connectivity index is 1.60. The first-order chi connectivity index (χ1) is 9.79. The average molecular weight is 275 g/mol. The van der Waals surface area contributed by atoms with Crippen LogP contribution in [0.4, 0.5) is 5.82 Å². The Kier molecular flexibility index (Phi) is 3.51. The summed E-state index contributed by atoms with van der Waals surface area (Å²) in [5.41, 5.74) is 0.815. The van der Waals surface area contributed by atoms with Crippen molar-refractivity contribution < 1.29 is 9.53 Å². The third kappa shape index (κ3) is 2.32. The normalized spacial score (nSPS) is 15.3. The molecule has 1 fully saturated rings. The molecule has 0 aromatic carbocycles. The molecule has 1 saturated heterocycles. The van der Waals surface area contributed by atoms with Crippen molar-refractivity contribution in [3.05, 3.63) is 24.5 Å². The van der Waals surface area contributed by atoms with Crippen LogP contribution in [0.3, 0.4) is 0 Å². The van der Waals surface area contributed by atoms with Crippen LogP contribution in [-0.4, -0.2) is 53.9 Å². The van der Waals surface area contributed by atoms with Gasteiger partial charge in [-0.15, -0.1) is 0 Å². The Morgan fingerprint density at radius 2 is 2.30 bits per heavy atom. The van der Waals surface area contributed by atoms with Gasteiger partial charge in [-0.2, -0.15) is 9.61 Å². The topological polar surface area (TPSA) is 71.8 Å². The molecule has 106 valence electrons. The van der Waals surface area contributed by atoms with E-state index >= 15 is 0 Å². The van der Waals surface area contributed by atoms with Gasteiger partial charge >= 0.3 is 0 Å². The van der Waals surface area contributed by atoms with Crippen LogP contribution in [0.15, 0.2) is 24.5 Å². The van der Waals surface area contributed by atoms with E-state index in [0.717, 1.165) is 11.5 Å². The van der Waals surface area contributed by atoms with Crippen LogP contribution < -0.4 is 10.2 Å². The number of hydrogen-bond donors (Lipinski definition) is 1. The molecule has 0 atom stereocenters. The van der Waals surface area contributed by atoms with E-state index < -0.39 is 0 Å². The molecule has 7 heteroatoms. The van der Waals surface area contributed by atoms with E-state index in [9.17, 15) is 4.79 Å². The fourth-order valence-corrected chi connectivity index (χ4v) is 2.31. The van der Waals surface area contributed by atoms with Gasteiger partial charge < -0.3 is 15.0 Å². The van der Waals surface area contributed by atoms with E-state index in [-0.39, 0.29) is 11.8 Å². The Hall–Kier alpha value is -2.15. The van der Waals surface area contributed by atoms with Crippen molar-refractivity contribution in [2.75, 3.05) is 38.3 Å². The number of nitrogens with zero attached hydrogens (tertiary/aromatic N) is 4. The third-order valence-corrected chi connectivity index (χ3v) is 3.45. The van der Waals surface area contributed by atoms with Crippen LogP contribution >= 0.6 is 0 Å². The second-order valence-corrected chi connectivity index (χ2v) is 4.79. The summed E-state index contributed by atoms with van der Waals surface area (Å²) in [6, 6.07) is 3.78. The maximum absolute atomic E-state index is 11.9. The summed E-state index contributed by atoms with van der Waals surface area (Å²) in [6.45, 7) is 2.51. The first-order valence-corrected chi connectivity index (χ1v) is 6.60. The van der Waals surface area contributed by atoms with Gasteiger partial charge in [0.1, 0.15) is 5.82 Å². The van der Waals surface area contributed by atoms with Gasteiger partial charge in [0, 0.05) is 39.0 Å². The fourth-order valence-electron chi connectivity index (χ4n) is 2.31. The van der Waals surface area contributed by atoms with Crippen LogP contribution in [0.1, 0.15) is 0 Å². The van der Waals surface area contributed by atoms with Crippen LogP contribution in [0, 0.1) is 5.92 Å². The van der Waals surface area contributed by atoms with Crippen molar-refractivity contribution in [3.63, 3.8) is 0 Å². The second kappa shape index (κ2) is 5.46. The summed E-state index contributed by atoms with van der Waals surface area (Å²) in [5, 5.41) is 7.11. The lowest BCUT2D eigenvalue weighted by atomic mass is 9.99. The second-order valence-electron chi connectivity index (χ2n) is 4.79. The van der Waals surface area contributed by atoms with Gasteiger partial charge in [-0.25, -0.2) is 4.98 Å². The van der Waals surface area contributed by atoms with Crippen LogP contribution in [0.2, 0.25) is 0 Å². The number of fused-ring (bicyclic) bond motifs is 1. The first-order valence-electron chi connectivity index (χ1n) is 6.60. The summed E-state index contributed by atoms with van der Waals surface area (Å²) < 4.78 is 6.70. The number of anilines is 1. The largest absolute Gasteiger partial charge is 0.383 e. The Bertz CT molecular complexity index is 606. The predicted molar refractivity (Wildman–Crippen MR) is 73.6 cm³/mol. The van der Waals surface area contributed by atoms with Crippen LogP contribution in [0.5, 0.6) is 0 Å². The number of amides is 1. The summed E-state index contributed by atoms with van der Waals surface area (Å²) in [7, 11) is 1.62. The van der Waals surface area contributed by atoms with E-state index in [1.54, 1.807) is 24.0 Å².